The van der Waals surface area contributed by atoms with Gasteiger partial charge in [0.1, 0.15) is 0 Å². The first-order valence-corrected chi connectivity index (χ1v) is 4.27. The maximum atomic E-state index is 2.25. The van der Waals surface area contributed by atoms with Crippen molar-refractivity contribution in [2.75, 3.05) is 0 Å². The van der Waals surface area contributed by atoms with Gasteiger partial charge in [0.05, 0.1) is 0 Å². The van der Waals surface area contributed by atoms with Crippen LogP contribution in [0.25, 0.3) is 0 Å². The fraction of sp³-hybridized carbons (Fsp3) is 0.600. The van der Waals surface area contributed by atoms with E-state index in [-0.39, 0.29) is 0 Å². The third-order valence-electron chi connectivity index (χ3n) is 1.99. The zero-order chi connectivity index (χ0) is 9.02. The Labute approximate surface area is 71.5 Å². The summed E-state index contributed by atoms with van der Waals surface area (Å²) in [4.78, 5) is 0. The van der Waals surface area contributed by atoms with Crippen LogP contribution in [-0.2, 0) is 0 Å². The Morgan fingerprint density at radius 2 is 1.45 bits per heavy atom. The number of rotatable bonds is 2. The van der Waals surface area contributed by atoms with E-state index in [4.69, 9.17) is 0 Å². The van der Waals surface area contributed by atoms with Gasteiger partial charge in [-0.3, -0.25) is 0 Å². The standard InChI is InChI=1S/C10H19B/c1-8(2)7-9(3)10(4)11(5)6/h7H,1-6H3/b10-9-. The van der Waals surface area contributed by atoms with Gasteiger partial charge in [-0.25, -0.2) is 0 Å². The summed E-state index contributed by atoms with van der Waals surface area (Å²) in [6.07, 6.45) is 2.25. The predicted molar refractivity (Wildman–Crippen MR) is 55.3 cm³/mol. The average Bonchev–Trinajstić information content (AvgIpc) is 1.84. The first-order chi connectivity index (χ1) is 4.95. The van der Waals surface area contributed by atoms with Gasteiger partial charge in [-0.2, -0.15) is 0 Å². The van der Waals surface area contributed by atoms with Crippen LogP contribution in [0.15, 0.2) is 22.7 Å². The second-order valence-electron chi connectivity index (χ2n) is 3.74. The SMILES string of the molecule is CB(C)/C(C)=C(/C)C=C(C)C. The Hall–Kier alpha value is -0.455. The molecular weight excluding hydrogens is 131 g/mol. The minimum atomic E-state index is 0.672. The van der Waals surface area contributed by atoms with Crippen LogP contribution < -0.4 is 0 Å². The van der Waals surface area contributed by atoms with Crippen LogP contribution in [0, 0.1) is 0 Å². The van der Waals surface area contributed by atoms with E-state index in [9.17, 15) is 0 Å². The van der Waals surface area contributed by atoms with Crippen LogP contribution in [0.2, 0.25) is 13.6 Å². The molecule has 62 valence electrons. The van der Waals surface area contributed by atoms with E-state index in [0.29, 0.717) is 6.71 Å². The first-order valence-electron chi connectivity index (χ1n) is 4.27. The van der Waals surface area contributed by atoms with Gasteiger partial charge in [0.15, 0.2) is 6.71 Å². The Morgan fingerprint density at radius 3 is 1.73 bits per heavy atom. The van der Waals surface area contributed by atoms with Crippen LogP contribution in [0.4, 0.5) is 0 Å². The van der Waals surface area contributed by atoms with Gasteiger partial charge in [0.25, 0.3) is 0 Å². The molecule has 0 spiro atoms. The highest BCUT2D eigenvalue weighted by Gasteiger charge is 2.02. The van der Waals surface area contributed by atoms with E-state index in [2.05, 4.69) is 47.4 Å². The zero-order valence-electron chi connectivity index (χ0n) is 8.65. The lowest BCUT2D eigenvalue weighted by molar-refractivity contribution is 1.32. The molecule has 0 aliphatic carbocycles. The molecular formula is C10H19B. The maximum Gasteiger partial charge on any atom is 0.164 e. The fourth-order valence-electron chi connectivity index (χ4n) is 1.00. The molecule has 0 atom stereocenters. The van der Waals surface area contributed by atoms with Crippen molar-refractivity contribution in [2.45, 2.75) is 41.3 Å². The summed E-state index contributed by atoms with van der Waals surface area (Å²) in [6.45, 7) is 13.8. The van der Waals surface area contributed by atoms with Gasteiger partial charge >= 0.3 is 0 Å². The third-order valence-corrected chi connectivity index (χ3v) is 1.99. The summed E-state index contributed by atoms with van der Waals surface area (Å²) in [7, 11) is 0. The van der Waals surface area contributed by atoms with E-state index in [1.165, 1.54) is 16.6 Å². The van der Waals surface area contributed by atoms with Gasteiger partial charge < -0.3 is 0 Å². The Kier molecular flexibility index (Phi) is 4.25. The average molecular weight is 150 g/mol. The minimum Gasteiger partial charge on any atom is -0.102 e. The lowest BCUT2D eigenvalue weighted by Gasteiger charge is -2.05. The van der Waals surface area contributed by atoms with Crippen LogP contribution >= 0.6 is 0 Å². The lowest BCUT2D eigenvalue weighted by Crippen LogP contribution is -2.03. The number of hydrogen-bond acceptors (Lipinski definition) is 0. The molecule has 0 bridgehead atoms. The van der Waals surface area contributed by atoms with Crippen molar-refractivity contribution in [1.29, 1.82) is 0 Å². The summed E-state index contributed by atoms with van der Waals surface area (Å²) < 4.78 is 0. The zero-order valence-corrected chi connectivity index (χ0v) is 8.65. The Bertz CT molecular complexity index is 181. The summed E-state index contributed by atoms with van der Waals surface area (Å²) >= 11 is 0. The largest absolute Gasteiger partial charge is 0.164 e. The smallest absolute Gasteiger partial charge is 0.102 e. The molecule has 0 aliphatic rings. The third kappa shape index (κ3) is 4.08. The normalized spacial score (nSPS) is 12.2. The molecule has 0 amide bonds. The van der Waals surface area contributed by atoms with Crippen molar-refractivity contribution in [2.24, 2.45) is 0 Å². The van der Waals surface area contributed by atoms with Crippen molar-refractivity contribution < 1.29 is 0 Å². The molecule has 0 nitrogen and oxygen atoms in total. The Balaban J connectivity index is 4.54. The molecule has 1 heteroatoms. The minimum absolute atomic E-state index is 0.672. The first kappa shape index (κ1) is 10.5. The highest BCUT2D eigenvalue weighted by molar-refractivity contribution is 6.64. The fourth-order valence-corrected chi connectivity index (χ4v) is 1.00. The van der Waals surface area contributed by atoms with Gasteiger partial charge in [-0.1, -0.05) is 37.8 Å². The maximum absolute atomic E-state index is 2.25. The molecule has 0 radical (unpaired) electrons. The summed E-state index contributed by atoms with van der Waals surface area (Å²) in [5.74, 6) is 0. The van der Waals surface area contributed by atoms with Crippen LogP contribution in [0.1, 0.15) is 27.7 Å². The van der Waals surface area contributed by atoms with Crippen LogP contribution in [0.5, 0.6) is 0 Å². The predicted octanol–water partition coefficient (Wildman–Crippen LogP) is 3.58. The van der Waals surface area contributed by atoms with Crippen molar-refractivity contribution in [3.8, 4) is 0 Å². The van der Waals surface area contributed by atoms with Gasteiger partial charge in [-0.05, 0) is 20.8 Å². The highest BCUT2D eigenvalue weighted by atomic mass is 13.9. The molecule has 0 rings (SSSR count). The van der Waals surface area contributed by atoms with E-state index in [1.807, 2.05) is 0 Å². The molecule has 0 aliphatic heterocycles. The highest BCUT2D eigenvalue weighted by Crippen LogP contribution is 2.10. The molecule has 0 aromatic rings. The molecule has 0 saturated carbocycles. The van der Waals surface area contributed by atoms with Crippen molar-refractivity contribution in [3.63, 3.8) is 0 Å². The summed E-state index contributed by atoms with van der Waals surface area (Å²) in [5, 5.41) is 0. The Morgan fingerprint density at radius 1 is 1.00 bits per heavy atom. The van der Waals surface area contributed by atoms with Crippen molar-refractivity contribution >= 4 is 6.71 Å². The van der Waals surface area contributed by atoms with E-state index >= 15 is 0 Å². The topological polar surface area (TPSA) is 0 Å². The van der Waals surface area contributed by atoms with E-state index < -0.39 is 0 Å². The number of hydrogen-bond donors (Lipinski definition) is 0. The molecule has 0 saturated heterocycles. The molecule has 0 N–H and O–H groups in total. The van der Waals surface area contributed by atoms with Crippen molar-refractivity contribution in [3.05, 3.63) is 22.7 Å². The molecule has 0 aromatic carbocycles. The van der Waals surface area contributed by atoms with Crippen molar-refractivity contribution in [1.82, 2.24) is 0 Å². The molecule has 0 unspecified atom stereocenters. The van der Waals surface area contributed by atoms with E-state index in [1.54, 1.807) is 0 Å². The number of allylic oxidation sites excluding steroid dienone is 4. The second-order valence-corrected chi connectivity index (χ2v) is 3.74. The van der Waals surface area contributed by atoms with Gasteiger partial charge in [0, 0.05) is 0 Å². The quantitative estimate of drug-likeness (QED) is 0.416. The van der Waals surface area contributed by atoms with Gasteiger partial charge in [0.2, 0.25) is 0 Å². The van der Waals surface area contributed by atoms with E-state index in [0.717, 1.165) is 0 Å². The molecule has 0 aromatic heterocycles. The summed E-state index contributed by atoms with van der Waals surface area (Å²) in [6, 6.07) is 0. The summed E-state index contributed by atoms with van der Waals surface area (Å²) in [5.41, 5.74) is 4.29. The van der Waals surface area contributed by atoms with Crippen LogP contribution in [0.3, 0.4) is 0 Å². The van der Waals surface area contributed by atoms with Crippen LogP contribution in [-0.4, -0.2) is 6.71 Å². The van der Waals surface area contributed by atoms with Gasteiger partial charge in [-0.15, -0.1) is 5.47 Å². The monoisotopic (exact) mass is 150 g/mol. The molecule has 0 heterocycles. The molecule has 0 fully saturated rings. The second kappa shape index (κ2) is 4.43. The lowest BCUT2D eigenvalue weighted by atomic mass is 9.48. The molecule has 11 heavy (non-hydrogen) atoms.